The van der Waals surface area contributed by atoms with Gasteiger partial charge in [-0.25, -0.2) is 8.42 Å². The van der Waals surface area contributed by atoms with Crippen molar-refractivity contribution < 1.29 is 13.2 Å². The highest BCUT2D eigenvalue weighted by Gasteiger charge is 2.32. The molecular weight excluding hydrogens is 430 g/mol. The molecule has 0 spiro atoms. The maximum atomic E-state index is 12.8. The van der Waals surface area contributed by atoms with Crippen LogP contribution < -0.4 is 0 Å². The van der Waals surface area contributed by atoms with Gasteiger partial charge in [-0.3, -0.25) is 9.69 Å². The van der Waals surface area contributed by atoms with Gasteiger partial charge in [-0.15, -0.1) is 11.3 Å². The summed E-state index contributed by atoms with van der Waals surface area (Å²) in [6.07, 6.45) is 0.984. The molecule has 2 aliphatic heterocycles. The Bertz CT molecular complexity index is 983. The summed E-state index contributed by atoms with van der Waals surface area (Å²) in [4.78, 5) is 18.5. The first kappa shape index (κ1) is 20.8. The Morgan fingerprint density at radius 1 is 1.10 bits per heavy atom. The van der Waals surface area contributed by atoms with Gasteiger partial charge in [-0.05, 0) is 54.6 Å². The third-order valence-electron chi connectivity index (χ3n) is 5.78. The van der Waals surface area contributed by atoms with Crippen molar-refractivity contribution in [2.45, 2.75) is 24.3 Å². The van der Waals surface area contributed by atoms with Gasteiger partial charge < -0.3 is 4.90 Å². The van der Waals surface area contributed by atoms with E-state index in [1.54, 1.807) is 28.4 Å². The van der Waals surface area contributed by atoms with E-state index in [9.17, 15) is 13.2 Å². The topological polar surface area (TPSA) is 60.9 Å². The zero-order valence-corrected chi connectivity index (χ0v) is 18.6. The second-order valence-electron chi connectivity index (χ2n) is 7.43. The molecule has 156 valence electrons. The molecule has 9 heteroatoms. The zero-order valence-electron chi connectivity index (χ0n) is 16.3. The second-order valence-corrected chi connectivity index (χ2v) is 10.8. The smallest absolute Gasteiger partial charge is 0.243 e. The van der Waals surface area contributed by atoms with Crippen molar-refractivity contribution in [2.75, 3.05) is 39.3 Å². The molecule has 0 N–H and O–H groups in total. The number of rotatable bonds is 4. The normalized spacial score (nSPS) is 21.2. The maximum Gasteiger partial charge on any atom is 0.243 e. The van der Waals surface area contributed by atoms with Crippen molar-refractivity contribution in [3.05, 3.63) is 51.2 Å². The number of sulfonamides is 1. The van der Waals surface area contributed by atoms with Gasteiger partial charge in [-0.1, -0.05) is 11.6 Å². The van der Waals surface area contributed by atoms with Crippen molar-refractivity contribution >= 4 is 38.9 Å². The van der Waals surface area contributed by atoms with Gasteiger partial charge >= 0.3 is 0 Å². The highest BCUT2D eigenvalue weighted by atomic mass is 35.5. The van der Waals surface area contributed by atoms with Crippen molar-refractivity contribution in [3.63, 3.8) is 0 Å². The number of hydrogen-bond acceptors (Lipinski definition) is 5. The van der Waals surface area contributed by atoms with Gasteiger partial charge in [0.05, 0.1) is 11.4 Å². The fourth-order valence-corrected chi connectivity index (χ4v) is 6.50. The van der Waals surface area contributed by atoms with E-state index in [1.165, 1.54) is 26.9 Å². The predicted molar refractivity (Wildman–Crippen MR) is 115 cm³/mol. The molecule has 1 unspecified atom stereocenters. The third-order valence-corrected chi connectivity index (χ3v) is 8.95. The summed E-state index contributed by atoms with van der Waals surface area (Å²) in [6.45, 7) is 4.84. The largest absolute Gasteiger partial charge is 0.339 e. The summed E-state index contributed by atoms with van der Waals surface area (Å²) in [7, 11) is -3.56. The number of amides is 1. The minimum Gasteiger partial charge on any atom is -0.339 e. The SMILES string of the molecule is CC1c2ccsc2CCN1CC(=O)N1CCN(S(=O)(=O)c2ccc(Cl)cc2)CC1. The molecule has 0 aliphatic carbocycles. The molecule has 2 aliphatic rings. The lowest BCUT2D eigenvalue weighted by molar-refractivity contribution is -0.134. The number of halogens is 1. The molecule has 29 heavy (non-hydrogen) atoms. The summed E-state index contributed by atoms with van der Waals surface area (Å²) in [6, 6.07) is 8.58. The Labute approximate surface area is 180 Å². The summed E-state index contributed by atoms with van der Waals surface area (Å²) >= 11 is 7.64. The number of thiophene rings is 1. The molecule has 1 aromatic carbocycles. The number of nitrogens with zero attached hydrogens (tertiary/aromatic N) is 3. The van der Waals surface area contributed by atoms with Crippen LogP contribution in [0.15, 0.2) is 40.6 Å². The highest BCUT2D eigenvalue weighted by molar-refractivity contribution is 7.89. The van der Waals surface area contributed by atoms with Gasteiger partial charge in [-0.2, -0.15) is 4.31 Å². The van der Waals surface area contributed by atoms with E-state index in [4.69, 9.17) is 11.6 Å². The molecule has 1 fully saturated rings. The molecule has 4 rings (SSSR count). The zero-order chi connectivity index (χ0) is 20.6. The molecule has 0 radical (unpaired) electrons. The van der Waals surface area contributed by atoms with Crippen molar-refractivity contribution in [1.82, 2.24) is 14.1 Å². The highest BCUT2D eigenvalue weighted by Crippen LogP contribution is 2.32. The summed E-state index contributed by atoms with van der Waals surface area (Å²) in [5.41, 5.74) is 1.33. The van der Waals surface area contributed by atoms with Crippen molar-refractivity contribution in [2.24, 2.45) is 0 Å². The third kappa shape index (κ3) is 4.22. The van der Waals surface area contributed by atoms with E-state index in [-0.39, 0.29) is 16.8 Å². The molecule has 2 aromatic rings. The average molecular weight is 454 g/mol. The van der Waals surface area contributed by atoms with Crippen LogP contribution in [0.5, 0.6) is 0 Å². The second kappa shape index (κ2) is 8.35. The first-order chi connectivity index (χ1) is 13.9. The van der Waals surface area contributed by atoms with Crippen LogP contribution in [-0.2, 0) is 21.2 Å². The molecule has 1 atom stereocenters. The molecule has 1 aromatic heterocycles. The monoisotopic (exact) mass is 453 g/mol. The number of benzene rings is 1. The summed E-state index contributed by atoms with van der Waals surface area (Å²) in [5.74, 6) is 0.0686. The van der Waals surface area contributed by atoms with Crippen LogP contribution >= 0.6 is 22.9 Å². The summed E-state index contributed by atoms with van der Waals surface area (Å²) < 4.78 is 27.0. The molecular formula is C20H24ClN3O3S2. The number of piperazine rings is 1. The average Bonchev–Trinajstić information content (AvgIpc) is 3.20. The molecule has 0 saturated carbocycles. The van der Waals surface area contributed by atoms with Crippen LogP contribution in [0.2, 0.25) is 5.02 Å². The Morgan fingerprint density at radius 3 is 2.48 bits per heavy atom. The van der Waals surface area contributed by atoms with Crippen LogP contribution in [-0.4, -0.2) is 67.7 Å². The molecule has 1 amide bonds. The van der Waals surface area contributed by atoms with E-state index in [0.29, 0.717) is 37.7 Å². The minimum atomic E-state index is -3.56. The Balaban J connectivity index is 1.35. The van der Waals surface area contributed by atoms with E-state index in [1.807, 2.05) is 0 Å². The minimum absolute atomic E-state index is 0.0686. The number of hydrogen-bond donors (Lipinski definition) is 0. The molecule has 0 bridgehead atoms. The maximum absolute atomic E-state index is 12.8. The number of carbonyl (C=O) groups excluding carboxylic acids is 1. The summed E-state index contributed by atoms with van der Waals surface area (Å²) in [5, 5.41) is 2.62. The van der Waals surface area contributed by atoms with E-state index in [0.717, 1.165) is 13.0 Å². The van der Waals surface area contributed by atoms with Gasteiger partial charge in [0.2, 0.25) is 15.9 Å². The van der Waals surface area contributed by atoms with E-state index in [2.05, 4.69) is 23.3 Å². The Hall–Kier alpha value is -1.45. The molecule has 6 nitrogen and oxygen atoms in total. The number of fused-ring (bicyclic) bond motifs is 1. The van der Waals surface area contributed by atoms with Crippen molar-refractivity contribution in [3.8, 4) is 0 Å². The number of carbonyl (C=O) groups is 1. The van der Waals surface area contributed by atoms with Crippen LogP contribution in [0.25, 0.3) is 0 Å². The van der Waals surface area contributed by atoms with E-state index < -0.39 is 10.0 Å². The van der Waals surface area contributed by atoms with Gasteiger partial charge in [0, 0.05) is 48.7 Å². The van der Waals surface area contributed by atoms with Gasteiger partial charge in [0.15, 0.2) is 0 Å². The lowest BCUT2D eigenvalue weighted by Gasteiger charge is -2.37. The van der Waals surface area contributed by atoms with E-state index >= 15 is 0 Å². The predicted octanol–water partition coefficient (Wildman–Crippen LogP) is 2.85. The van der Waals surface area contributed by atoms with Crippen LogP contribution in [0.3, 0.4) is 0 Å². The van der Waals surface area contributed by atoms with Gasteiger partial charge in [0.25, 0.3) is 0 Å². The van der Waals surface area contributed by atoms with Gasteiger partial charge in [0.1, 0.15) is 0 Å². The van der Waals surface area contributed by atoms with Crippen molar-refractivity contribution in [1.29, 1.82) is 0 Å². The van der Waals surface area contributed by atoms with Crippen LogP contribution in [0.1, 0.15) is 23.4 Å². The first-order valence-electron chi connectivity index (χ1n) is 9.70. The quantitative estimate of drug-likeness (QED) is 0.714. The molecule has 1 saturated heterocycles. The van der Waals surface area contributed by atoms with Crippen LogP contribution in [0, 0.1) is 0 Å². The fourth-order valence-electron chi connectivity index (χ4n) is 3.98. The fraction of sp³-hybridized carbons (Fsp3) is 0.450. The van der Waals surface area contributed by atoms with Crippen LogP contribution in [0.4, 0.5) is 0 Å². The first-order valence-corrected chi connectivity index (χ1v) is 12.4. The standard InChI is InChI=1S/C20H24ClN3O3S2/c1-15-18-7-13-28-19(18)6-8-23(15)14-20(25)22-9-11-24(12-10-22)29(26,27)17-4-2-16(21)3-5-17/h2-5,7,13,15H,6,8-12,14H2,1H3. The molecule has 3 heterocycles. The Kier molecular flexibility index (Phi) is 5.99. The Morgan fingerprint density at radius 2 is 1.79 bits per heavy atom. The lowest BCUT2D eigenvalue weighted by atomic mass is 10.0. The lowest BCUT2D eigenvalue weighted by Crippen LogP contribution is -2.53.